The fraction of sp³-hybridized carbons (Fsp3) is 0.348. The van der Waals surface area contributed by atoms with Gasteiger partial charge in [-0.15, -0.1) is 0 Å². The first-order chi connectivity index (χ1) is 11.8. The highest BCUT2D eigenvalue weighted by Gasteiger charge is 2.39. The van der Waals surface area contributed by atoms with Gasteiger partial charge in [0, 0.05) is 0 Å². The third-order valence-electron chi connectivity index (χ3n) is 5.58. The van der Waals surface area contributed by atoms with E-state index in [1.807, 2.05) is 13.8 Å². The molecule has 3 rings (SSSR count). The molecule has 3 aromatic rings. The predicted octanol–water partition coefficient (Wildman–Crippen LogP) is 6.16. The maximum absolute atomic E-state index is 11.9. The molecule has 0 spiro atoms. The molecule has 0 bridgehead atoms. The van der Waals surface area contributed by atoms with Crippen LogP contribution >= 0.6 is 0 Å². The van der Waals surface area contributed by atoms with Gasteiger partial charge in [-0.1, -0.05) is 69.3 Å². The van der Waals surface area contributed by atoms with Crippen LogP contribution < -0.4 is 0 Å². The van der Waals surface area contributed by atoms with Gasteiger partial charge in [-0.3, -0.25) is 4.79 Å². The molecule has 0 aliphatic carbocycles. The number of fused-ring (bicyclic) bond motifs is 2. The molecular formula is C23H26O2. The number of aliphatic carboxylic acids is 1. The van der Waals surface area contributed by atoms with Crippen LogP contribution in [0.5, 0.6) is 0 Å². The molecule has 0 saturated carbocycles. The van der Waals surface area contributed by atoms with E-state index in [4.69, 9.17) is 0 Å². The van der Waals surface area contributed by atoms with Crippen molar-refractivity contribution in [2.24, 2.45) is 5.41 Å². The highest BCUT2D eigenvalue weighted by atomic mass is 16.4. The summed E-state index contributed by atoms with van der Waals surface area (Å²) in [5.74, 6) is -0.715. The molecule has 0 saturated heterocycles. The van der Waals surface area contributed by atoms with Gasteiger partial charge in [0.2, 0.25) is 0 Å². The zero-order chi connectivity index (χ0) is 18.2. The third kappa shape index (κ3) is 3.02. The maximum Gasteiger partial charge on any atom is 0.309 e. The van der Waals surface area contributed by atoms with Gasteiger partial charge in [0.1, 0.15) is 0 Å². The lowest BCUT2D eigenvalue weighted by atomic mass is 9.67. The van der Waals surface area contributed by atoms with E-state index in [1.54, 1.807) is 0 Å². The standard InChI is InChI=1S/C23H26O2/c1-5-23(4,21(24)25)15-22(2,3)20-18-12-8-6-10-16(18)14-17-11-7-9-13-19(17)20/h6-14H,5,15H2,1-4H3,(H,24,25). The van der Waals surface area contributed by atoms with Crippen LogP contribution in [-0.4, -0.2) is 11.1 Å². The molecule has 0 aromatic heterocycles. The summed E-state index contributed by atoms with van der Waals surface area (Å²) in [6, 6.07) is 19.0. The van der Waals surface area contributed by atoms with Gasteiger partial charge in [-0.2, -0.15) is 0 Å². The first kappa shape index (κ1) is 17.5. The third-order valence-corrected chi connectivity index (χ3v) is 5.58. The Kier molecular flexibility index (Phi) is 4.32. The molecule has 2 heteroatoms. The molecule has 3 aromatic carbocycles. The molecule has 2 nitrogen and oxygen atoms in total. The quantitative estimate of drug-likeness (QED) is 0.567. The number of carboxylic acid groups (broad SMARTS) is 1. The normalized spacial score (nSPS) is 14.6. The number of benzene rings is 3. The van der Waals surface area contributed by atoms with E-state index < -0.39 is 11.4 Å². The Hall–Kier alpha value is -2.35. The Bertz CT molecular complexity index is 885. The van der Waals surface area contributed by atoms with Gasteiger partial charge in [0.15, 0.2) is 0 Å². The lowest BCUT2D eigenvalue weighted by Gasteiger charge is -2.36. The van der Waals surface area contributed by atoms with Crippen LogP contribution in [-0.2, 0) is 10.2 Å². The van der Waals surface area contributed by atoms with E-state index in [0.29, 0.717) is 12.8 Å². The van der Waals surface area contributed by atoms with Crippen molar-refractivity contribution in [1.29, 1.82) is 0 Å². The maximum atomic E-state index is 11.9. The zero-order valence-corrected chi connectivity index (χ0v) is 15.5. The summed E-state index contributed by atoms with van der Waals surface area (Å²) in [6.45, 7) is 8.19. The Morgan fingerprint density at radius 3 is 1.84 bits per heavy atom. The minimum absolute atomic E-state index is 0.260. The van der Waals surface area contributed by atoms with Crippen molar-refractivity contribution < 1.29 is 9.90 Å². The van der Waals surface area contributed by atoms with Crippen molar-refractivity contribution in [1.82, 2.24) is 0 Å². The minimum Gasteiger partial charge on any atom is -0.481 e. The monoisotopic (exact) mass is 334 g/mol. The molecule has 25 heavy (non-hydrogen) atoms. The summed E-state index contributed by atoms with van der Waals surface area (Å²) in [6.07, 6.45) is 1.22. The summed E-state index contributed by atoms with van der Waals surface area (Å²) in [4.78, 5) is 11.9. The predicted molar refractivity (Wildman–Crippen MR) is 105 cm³/mol. The number of hydrogen-bond acceptors (Lipinski definition) is 1. The Morgan fingerprint density at radius 1 is 0.920 bits per heavy atom. The fourth-order valence-corrected chi connectivity index (χ4v) is 4.16. The van der Waals surface area contributed by atoms with Gasteiger partial charge in [0.05, 0.1) is 5.41 Å². The average Bonchev–Trinajstić information content (AvgIpc) is 2.58. The number of hydrogen-bond donors (Lipinski definition) is 1. The lowest BCUT2D eigenvalue weighted by molar-refractivity contribution is -0.149. The Balaban J connectivity index is 2.29. The summed E-state index contributed by atoms with van der Waals surface area (Å²) in [7, 11) is 0. The van der Waals surface area contributed by atoms with E-state index in [-0.39, 0.29) is 5.41 Å². The average molecular weight is 334 g/mol. The van der Waals surface area contributed by atoms with Crippen molar-refractivity contribution in [3.63, 3.8) is 0 Å². The van der Waals surface area contributed by atoms with E-state index in [0.717, 1.165) is 0 Å². The second kappa shape index (κ2) is 6.18. The summed E-state index contributed by atoms with van der Waals surface area (Å²) < 4.78 is 0. The molecule has 0 radical (unpaired) electrons. The van der Waals surface area contributed by atoms with E-state index in [1.165, 1.54) is 27.1 Å². The molecule has 1 atom stereocenters. The van der Waals surface area contributed by atoms with Crippen LogP contribution in [0.25, 0.3) is 21.5 Å². The van der Waals surface area contributed by atoms with Gasteiger partial charge in [0.25, 0.3) is 0 Å². The Labute approximate surface area is 149 Å². The number of rotatable bonds is 5. The first-order valence-electron chi connectivity index (χ1n) is 8.93. The van der Waals surface area contributed by atoms with Crippen LogP contribution in [0.3, 0.4) is 0 Å². The van der Waals surface area contributed by atoms with Gasteiger partial charge >= 0.3 is 5.97 Å². The summed E-state index contributed by atoms with van der Waals surface area (Å²) in [5, 5.41) is 14.6. The molecule has 1 N–H and O–H groups in total. The molecule has 0 amide bonds. The second-order valence-corrected chi connectivity index (χ2v) is 7.97. The zero-order valence-electron chi connectivity index (χ0n) is 15.5. The smallest absolute Gasteiger partial charge is 0.309 e. The fourth-order valence-electron chi connectivity index (χ4n) is 4.16. The number of carbonyl (C=O) groups is 1. The van der Waals surface area contributed by atoms with Crippen molar-refractivity contribution in [3.05, 3.63) is 60.2 Å². The van der Waals surface area contributed by atoms with Crippen molar-refractivity contribution in [2.45, 2.75) is 46.0 Å². The van der Waals surface area contributed by atoms with E-state index in [2.05, 4.69) is 68.4 Å². The molecule has 0 aliphatic rings. The van der Waals surface area contributed by atoms with Crippen LogP contribution in [0.1, 0.15) is 46.1 Å². The molecule has 130 valence electrons. The van der Waals surface area contributed by atoms with Crippen LogP contribution in [0, 0.1) is 5.41 Å². The van der Waals surface area contributed by atoms with Crippen LogP contribution in [0.15, 0.2) is 54.6 Å². The van der Waals surface area contributed by atoms with Gasteiger partial charge in [-0.25, -0.2) is 0 Å². The first-order valence-corrected chi connectivity index (χ1v) is 8.93. The van der Waals surface area contributed by atoms with Crippen molar-refractivity contribution in [3.8, 4) is 0 Å². The van der Waals surface area contributed by atoms with Gasteiger partial charge in [-0.05, 0) is 58.4 Å². The Morgan fingerprint density at radius 2 is 1.40 bits per heavy atom. The van der Waals surface area contributed by atoms with Gasteiger partial charge < -0.3 is 5.11 Å². The van der Waals surface area contributed by atoms with Crippen LogP contribution in [0.4, 0.5) is 0 Å². The van der Waals surface area contributed by atoms with Crippen LogP contribution in [0.2, 0.25) is 0 Å². The van der Waals surface area contributed by atoms with Crippen molar-refractivity contribution >= 4 is 27.5 Å². The summed E-state index contributed by atoms with van der Waals surface area (Å²) >= 11 is 0. The topological polar surface area (TPSA) is 37.3 Å². The molecule has 0 fully saturated rings. The minimum atomic E-state index is -0.735. The molecule has 0 aliphatic heterocycles. The molecular weight excluding hydrogens is 308 g/mol. The highest BCUT2D eigenvalue weighted by molar-refractivity contribution is 6.03. The molecule has 0 heterocycles. The lowest BCUT2D eigenvalue weighted by Crippen LogP contribution is -2.35. The number of carboxylic acids is 1. The SMILES string of the molecule is CCC(C)(CC(C)(C)c1c2ccccc2cc2ccccc12)C(=O)O. The van der Waals surface area contributed by atoms with Crippen molar-refractivity contribution in [2.75, 3.05) is 0 Å². The second-order valence-electron chi connectivity index (χ2n) is 7.97. The van der Waals surface area contributed by atoms with E-state index in [9.17, 15) is 9.90 Å². The van der Waals surface area contributed by atoms with E-state index >= 15 is 0 Å². The largest absolute Gasteiger partial charge is 0.481 e. The summed E-state index contributed by atoms with van der Waals surface area (Å²) in [5.41, 5.74) is 0.257. The molecule has 1 unspecified atom stereocenters. The highest BCUT2D eigenvalue weighted by Crippen LogP contribution is 2.44.